The fraction of sp³-hybridized carbons (Fsp3) is 0.412. The molecule has 1 aromatic heterocycles. The maximum absolute atomic E-state index is 11.4. The standard InChI is InChI=1S/C17H21N5O4/c1-10(9-23)18-17-20-14(11-3-4-11)8-16(21-17)19-13-6-5-12(26-2)7-15(13)22(24)25/h5-8,10-11,23H,3-4,9H2,1-2H3,(H2,18,19,20,21)/t10-/m1/s1. The number of nitro benzene ring substituents is 1. The fourth-order valence-electron chi connectivity index (χ4n) is 2.48. The van der Waals surface area contributed by atoms with Gasteiger partial charge >= 0.3 is 0 Å². The SMILES string of the molecule is COc1ccc(Nc2cc(C3CC3)nc(N[C@H](C)CO)n2)c([N+](=O)[O-])c1. The second kappa shape index (κ2) is 7.52. The zero-order chi connectivity index (χ0) is 18.7. The Hall–Kier alpha value is -2.94. The molecule has 1 aliphatic rings. The summed E-state index contributed by atoms with van der Waals surface area (Å²) in [6.07, 6.45) is 2.13. The minimum Gasteiger partial charge on any atom is -0.496 e. The van der Waals surface area contributed by atoms with Crippen molar-refractivity contribution in [2.45, 2.75) is 31.7 Å². The minimum absolute atomic E-state index is 0.0519. The number of hydrogen-bond acceptors (Lipinski definition) is 8. The summed E-state index contributed by atoms with van der Waals surface area (Å²) in [7, 11) is 1.46. The van der Waals surface area contributed by atoms with Crippen molar-refractivity contribution in [3.63, 3.8) is 0 Å². The Bertz CT molecular complexity index is 810. The Balaban J connectivity index is 1.92. The normalized spacial score (nSPS) is 14.6. The number of nitro groups is 1. The van der Waals surface area contributed by atoms with Crippen molar-refractivity contribution < 1.29 is 14.8 Å². The van der Waals surface area contributed by atoms with Gasteiger partial charge in [-0.05, 0) is 31.9 Å². The highest BCUT2D eigenvalue weighted by molar-refractivity contribution is 5.70. The molecule has 0 bridgehead atoms. The van der Waals surface area contributed by atoms with Gasteiger partial charge in [0.05, 0.1) is 30.4 Å². The molecular weight excluding hydrogens is 338 g/mol. The summed E-state index contributed by atoms with van der Waals surface area (Å²) in [6.45, 7) is 1.76. The quantitative estimate of drug-likeness (QED) is 0.486. The van der Waals surface area contributed by atoms with Crippen LogP contribution in [-0.4, -0.2) is 39.8 Å². The van der Waals surface area contributed by atoms with E-state index < -0.39 is 4.92 Å². The molecule has 1 aromatic carbocycles. The molecule has 1 aliphatic carbocycles. The highest BCUT2D eigenvalue weighted by Gasteiger charge is 2.27. The maximum Gasteiger partial charge on any atom is 0.296 e. The first kappa shape index (κ1) is 17.9. The number of rotatable bonds is 8. The van der Waals surface area contributed by atoms with Crippen molar-refractivity contribution in [1.29, 1.82) is 0 Å². The largest absolute Gasteiger partial charge is 0.496 e. The van der Waals surface area contributed by atoms with E-state index in [0.29, 0.717) is 29.1 Å². The number of aromatic nitrogens is 2. The van der Waals surface area contributed by atoms with Gasteiger partial charge in [0.2, 0.25) is 5.95 Å². The lowest BCUT2D eigenvalue weighted by Gasteiger charge is -2.14. The van der Waals surface area contributed by atoms with Crippen LogP contribution in [-0.2, 0) is 0 Å². The van der Waals surface area contributed by atoms with Gasteiger partial charge in [0, 0.05) is 18.0 Å². The predicted molar refractivity (Wildman–Crippen MR) is 97.1 cm³/mol. The van der Waals surface area contributed by atoms with E-state index in [1.54, 1.807) is 18.2 Å². The summed E-state index contributed by atoms with van der Waals surface area (Å²) in [4.78, 5) is 19.7. The van der Waals surface area contributed by atoms with Crippen LogP contribution in [0.3, 0.4) is 0 Å². The topological polar surface area (TPSA) is 122 Å². The van der Waals surface area contributed by atoms with E-state index in [9.17, 15) is 15.2 Å². The molecule has 0 spiro atoms. The third kappa shape index (κ3) is 4.17. The van der Waals surface area contributed by atoms with E-state index in [-0.39, 0.29) is 18.3 Å². The van der Waals surface area contributed by atoms with Crippen LogP contribution in [0.5, 0.6) is 5.75 Å². The number of anilines is 3. The van der Waals surface area contributed by atoms with Gasteiger partial charge in [0.1, 0.15) is 17.3 Å². The fourth-order valence-corrected chi connectivity index (χ4v) is 2.48. The molecule has 0 amide bonds. The van der Waals surface area contributed by atoms with Gasteiger partial charge in [-0.25, -0.2) is 4.98 Å². The average molecular weight is 359 g/mol. The Labute approximate surface area is 150 Å². The van der Waals surface area contributed by atoms with Crippen LogP contribution < -0.4 is 15.4 Å². The van der Waals surface area contributed by atoms with E-state index in [2.05, 4.69) is 20.6 Å². The molecule has 0 saturated heterocycles. The van der Waals surface area contributed by atoms with Gasteiger partial charge in [-0.1, -0.05) is 0 Å². The van der Waals surface area contributed by atoms with E-state index >= 15 is 0 Å². The van der Waals surface area contributed by atoms with Crippen molar-refractivity contribution in [2.75, 3.05) is 24.4 Å². The molecule has 1 heterocycles. The first-order valence-electron chi connectivity index (χ1n) is 8.36. The summed E-state index contributed by atoms with van der Waals surface area (Å²) in [5.74, 6) is 1.63. The number of aliphatic hydroxyl groups is 1. The number of methoxy groups -OCH3 is 1. The smallest absolute Gasteiger partial charge is 0.296 e. The maximum atomic E-state index is 11.4. The number of nitrogens with zero attached hydrogens (tertiary/aromatic N) is 3. The lowest BCUT2D eigenvalue weighted by atomic mass is 10.2. The molecule has 9 nitrogen and oxygen atoms in total. The van der Waals surface area contributed by atoms with E-state index in [1.807, 2.05) is 6.92 Å². The number of benzene rings is 1. The molecule has 9 heteroatoms. The van der Waals surface area contributed by atoms with Crippen LogP contribution in [0.1, 0.15) is 31.4 Å². The third-order valence-corrected chi connectivity index (χ3v) is 4.06. The highest BCUT2D eigenvalue weighted by atomic mass is 16.6. The van der Waals surface area contributed by atoms with Crippen LogP contribution in [0, 0.1) is 10.1 Å². The average Bonchev–Trinajstić information content (AvgIpc) is 3.46. The molecule has 0 aliphatic heterocycles. The molecule has 1 saturated carbocycles. The van der Waals surface area contributed by atoms with Gasteiger partial charge in [-0.2, -0.15) is 4.98 Å². The Morgan fingerprint density at radius 1 is 1.38 bits per heavy atom. The zero-order valence-electron chi connectivity index (χ0n) is 14.6. The predicted octanol–water partition coefficient (Wildman–Crippen LogP) is 2.81. The van der Waals surface area contributed by atoms with Crippen molar-refractivity contribution >= 4 is 23.1 Å². The highest BCUT2D eigenvalue weighted by Crippen LogP contribution is 2.40. The zero-order valence-corrected chi connectivity index (χ0v) is 14.6. The van der Waals surface area contributed by atoms with Crippen LogP contribution in [0.4, 0.5) is 23.1 Å². The Morgan fingerprint density at radius 2 is 2.15 bits per heavy atom. The lowest BCUT2D eigenvalue weighted by Crippen LogP contribution is -2.21. The number of ether oxygens (including phenoxy) is 1. The van der Waals surface area contributed by atoms with Crippen LogP contribution in [0.15, 0.2) is 24.3 Å². The van der Waals surface area contributed by atoms with Gasteiger partial charge < -0.3 is 20.5 Å². The molecule has 0 radical (unpaired) electrons. The van der Waals surface area contributed by atoms with Crippen molar-refractivity contribution in [3.05, 3.63) is 40.1 Å². The number of hydrogen-bond donors (Lipinski definition) is 3. The minimum atomic E-state index is -0.471. The molecule has 3 N–H and O–H groups in total. The molecule has 138 valence electrons. The molecule has 26 heavy (non-hydrogen) atoms. The first-order chi connectivity index (χ1) is 12.5. The van der Waals surface area contributed by atoms with Gasteiger partial charge in [0.25, 0.3) is 5.69 Å². The van der Waals surface area contributed by atoms with Crippen LogP contribution >= 0.6 is 0 Å². The molecular formula is C17H21N5O4. The van der Waals surface area contributed by atoms with Crippen molar-refractivity contribution in [2.24, 2.45) is 0 Å². The van der Waals surface area contributed by atoms with Crippen molar-refractivity contribution in [1.82, 2.24) is 9.97 Å². The van der Waals surface area contributed by atoms with E-state index in [4.69, 9.17) is 4.74 Å². The molecule has 1 fully saturated rings. The van der Waals surface area contributed by atoms with Crippen molar-refractivity contribution in [3.8, 4) is 5.75 Å². The second-order valence-electron chi connectivity index (χ2n) is 6.27. The lowest BCUT2D eigenvalue weighted by molar-refractivity contribution is -0.384. The van der Waals surface area contributed by atoms with Gasteiger partial charge in [-0.3, -0.25) is 10.1 Å². The monoisotopic (exact) mass is 359 g/mol. The molecule has 1 atom stereocenters. The number of aliphatic hydroxyl groups excluding tert-OH is 1. The molecule has 3 rings (SSSR count). The summed E-state index contributed by atoms with van der Waals surface area (Å²) in [5.41, 5.74) is 1.10. The summed E-state index contributed by atoms with van der Waals surface area (Å²) in [6, 6.07) is 6.19. The van der Waals surface area contributed by atoms with Crippen LogP contribution in [0.2, 0.25) is 0 Å². The van der Waals surface area contributed by atoms with Gasteiger partial charge in [-0.15, -0.1) is 0 Å². The second-order valence-corrected chi connectivity index (χ2v) is 6.27. The van der Waals surface area contributed by atoms with Crippen LogP contribution in [0.25, 0.3) is 0 Å². The summed E-state index contributed by atoms with van der Waals surface area (Å²) < 4.78 is 5.05. The Morgan fingerprint density at radius 3 is 2.77 bits per heavy atom. The van der Waals surface area contributed by atoms with Gasteiger partial charge in [0.15, 0.2) is 0 Å². The van der Waals surface area contributed by atoms with E-state index in [1.165, 1.54) is 13.2 Å². The molecule has 0 unspecified atom stereocenters. The number of nitrogens with one attached hydrogen (secondary N) is 2. The Kier molecular flexibility index (Phi) is 5.17. The summed E-state index contributed by atoms with van der Waals surface area (Å²) >= 11 is 0. The third-order valence-electron chi connectivity index (χ3n) is 4.06. The molecule has 2 aromatic rings. The summed E-state index contributed by atoms with van der Waals surface area (Å²) in [5, 5.41) is 26.6. The first-order valence-corrected chi connectivity index (χ1v) is 8.36. The van der Waals surface area contributed by atoms with E-state index in [0.717, 1.165) is 18.5 Å².